The maximum absolute atomic E-state index is 5.04. The van der Waals surface area contributed by atoms with E-state index in [1.54, 1.807) is 18.9 Å². The van der Waals surface area contributed by atoms with Crippen molar-refractivity contribution in [2.75, 3.05) is 33.1 Å². The highest BCUT2D eigenvalue weighted by Crippen LogP contribution is 2.18. The van der Waals surface area contributed by atoms with Crippen LogP contribution in [0.5, 0.6) is 0 Å². The Kier molecular flexibility index (Phi) is 7.87. The molecule has 0 aromatic heterocycles. The molecular weight excluding hydrogens is 254 g/mol. The molecule has 0 atom stereocenters. The zero-order chi connectivity index (χ0) is 14.1. The molecule has 0 aliphatic carbocycles. The fraction of sp³-hybridized carbons (Fsp3) is 0.500. The number of hydrogen-bond donors (Lipinski definition) is 1. The van der Waals surface area contributed by atoms with Crippen LogP contribution in [0.4, 0.5) is 0 Å². The monoisotopic (exact) mass is 279 g/mol. The first-order valence-corrected chi connectivity index (χ1v) is 7.94. The minimum atomic E-state index is 0.551. The maximum Gasteiger partial charge on any atom is 0.0587 e. The van der Waals surface area contributed by atoms with Crippen LogP contribution in [0.1, 0.15) is 19.4 Å². The van der Waals surface area contributed by atoms with E-state index in [0.29, 0.717) is 5.92 Å². The molecule has 0 bridgehead atoms. The van der Waals surface area contributed by atoms with Crippen molar-refractivity contribution in [2.24, 2.45) is 5.92 Å². The van der Waals surface area contributed by atoms with E-state index in [-0.39, 0.29) is 0 Å². The summed E-state index contributed by atoms with van der Waals surface area (Å²) in [5.74, 6) is 0.551. The van der Waals surface area contributed by atoms with Crippen molar-refractivity contribution in [2.45, 2.75) is 18.7 Å². The highest BCUT2D eigenvalue weighted by molar-refractivity contribution is 7.98. The molecule has 3 heteroatoms. The maximum atomic E-state index is 5.04. The zero-order valence-corrected chi connectivity index (χ0v) is 13.2. The number of ether oxygens (including phenoxy) is 1. The molecule has 0 spiro atoms. The lowest BCUT2D eigenvalue weighted by atomic mass is 10.0. The Bertz CT molecular complexity index is 384. The SMILES string of the molecule is COCCNCC(=Cc1ccc(SC)cc1)C(C)C. The second-order valence-corrected chi connectivity index (χ2v) is 5.70. The van der Waals surface area contributed by atoms with Crippen molar-refractivity contribution in [3.8, 4) is 0 Å². The van der Waals surface area contributed by atoms with Crippen LogP contribution in [-0.2, 0) is 4.74 Å². The Labute approximate surface area is 121 Å². The van der Waals surface area contributed by atoms with Crippen LogP contribution in [0.3, 0.4) is 0 Å². The van der Waals surface area contributed by atoms with Gasteiger partial charge >= 0.3 is 0 Å². The van der Waals surface area contributed by atoms with Gasteiger partial charge in [0.25, 0.3) is 0 Å². The third-order valence-electron chi connectivity index (χ3n) is 3.02. The molecule has 0 aliphatic heterocycles. The Morgan fingerprint density at radius 3 is 2.53 bits per heavy atom. The van der Waals surface area contributed by atoms with Crippen LogP contribution in [0.2, 0.25) is 0 Å². The molecule has 106 valence electrons. The Balaban J connectivity index is 2.65. The largest absolute Gasteiger partial charge is 0.383 e. The van der Waals surface area contributed by atoms with Crippen molar-refractivity contribution >= 4 is 17.8 Å². The fourth-order valence-electron chi connectivity index (χ4n) is 1.74. The molecule has 0 fully saturated rings. The second kappa shape index (κ2) is 9.18. The molecule has 1 aromatic rings. The number of nitrogens with one attached hydrogen (secondary N) is 1. The summed E-state index contributed by atoms with van der Waals surface area (Å²) >= 11 is 1.78. The fourth-order valence-corrected chi connectivity index (χ4v) is 2.15. The lowest BCUT2D eigenvalue weighted by Gasteiger charge is -2.13. The van der Waals surface area contributed by atoms with Crippen molar-refractivity contribution in [1.82, 2.24) is 5.32 Å². The molecule has 0 saturated carbocycles. The average Bonchev–Trinajstić information content (AvgIpc) is 2.42. The van der Waals surface area contributed by atoms with Crippen molar-refractivity contribution in [3.05, 3.63) is 35.4 Å². The Morgan fingerprint density at radius 1 is 1.32 bits per heavy atom. The molecule has 19 heavy (non-hydrogen) atoms. The van der Waals surface area contributed by atoms with Crippen LogP contribution >= 0.6 is 11.8 Å². The lowest BCUT2D eigenvalue weighted by Crippen LogP contribution is -2.23. The van der Waals surface area contributed by atoms with Crippen molar-refractivity contribution in [1.29, 1.82) is 0 Å². The van der Waals surface area contributed by atoms with Gasteiger partial charge in [-0.25, -0.2) is 0 Å². The number of methoxy groups -OCH3 is 1. The van der Waals surface area contributed by atoms with Crippen molar-refractivity contribution < 1.29 is 4.74 Å². The Hall–Kier alpha value is -0.770. The van der Waals surface area contributed by atoms with Gasteiger partial charge in [0, 0.05) is 25.1 Å². The molecule has 0 unspecified atom stereocenters. The number of thioether (sulfide) groups is 1. The van der Waals surface area contributed by atoms with Gasteiger partial charge in [0.2, 0.25) is 0 Å². The predicted octanol–water partition coefficient (Wildman–Crippen LogP) is 3.68. The first kappa shape index (κ1) is 16.3. The summed E-state index contributed by atoms with van der Waals surface area (Å²) in [6.45, 7) is 7.05. The molecule has 2 nitrogen and oxygen atoms in total. The zero-order valence-electron chi connectivity index (χ0n) is 12.4. The summed E-state index contributed by atoms with van der Waals surface area (Å²) in [7, 11) is 1.73. The number of hydrogen-bond acceptors (Lipinski definition) is 3. The van der Waals surface area contributed by atoms with Gasteiger partial charge in [-0.15, -0.1) is 11.8 Å². The highest BCUT2D eigenvalue weighted by atomic mass is 32.2. The van der Waals surface area contributed by atoms with E-state index < -0.39 is 0 Å². The van der Waals surface area contributed by atoms with Crippen LogP contribution < -0.4 is 5.32 Å². The quantitative estimate of drug-likeness (QED) is 0.579. The molecule has 1 N–H and O–H groups in total. The molecule has 0 amide bonds. The van der Waals surface area contributed by atoms with Crippen LogP contribution in [0, 0.1) is 5.92 Å². The van der Waals surface area contributed by atoms with Gasteiger partial charge in [-0.3, -0.25) is 0 Å². The molecular formula is C16H25NOS. The second-order valence-electron chi connectivity index (χ2n) is 4.82. The van der Waals surface area contributed by atoms with Crippen molar-refractivity contribution in [3.63, 3.8) is 0 Å². The summed E-state index contributed by atoms with van der Waals surface area (Å²) < 4.78 is 5.04. The van der Waals surface area contributed by atoms with E-state index in [1.807, 2.05) is 0 Å². The molecule has 0 radical (unpaired) electrons. The average molecular weight is 279 g/mol. The predicted molar refractivity (Wildman–Crippen MR) is 85.8 cm³/mol. The normalized spacial score (nSPS) is 12.2. The summed E-state index contributed by atoms with van der Waals surface area (Å²) in [5, 5.41) is 3.41. The van der Waals surface area contributed by atoms with Gasteiger partial charge in [0.15, 0.2) is 0 Å². The minimum Gasteiger partial charge on any atom is -0.383 e. The van der Waals surface area contributed by atoms with E-state index in [1.165, 1.54) is 16.0 Å². The summed E-state index contributed by atoms with van der Waals surface area (Å²) in [5.41, 5.74) is 2.70. The van der Waals surface area contributed by atoms with E-state index in [2.05, 4.69) is 55.8 Å². The van der Waals surface area contributed by atoms with Crippen LogP contribution in [-0.4, -0.2) is 33.1 Å². The van der Waals surface area contributed by atoms with E-state index >= 15 is 0 Å². The molecule has 1 aromatic carbocycles. The van der Waals surface area contributed by atoms with Gasteiger partial charge in [0.1, 0.15) is 0 Å². The summed E-state index contributed by atoms with van der Waals surface area (Å²) in [6.07, 6.45) is 4.39. The number of benzene rings is 1. The topological polar surface area (TPSA) is 21.3 Å². The third kappa shape index (κ3) is 6.28. The summed E-state index contributed by atoms with van der Waals surface area (Å²) in [6, 6.07) is 8.71. The van der Waals surface area contributed by atoms with Gasteiger partial charge in [-0.2, -0.15) is 0 Å². The van der Waals surface area contributed by atoms with Gasteiger partial charge in [-0.1, -0.05) is 37.6 Å². The third-order valence-corrected chi connectivity index (χ3v) is 3.77. The van der Waals surface area contributed by atoms with E-state index in [9.17, 15) is 0 Å². The summed E-state index contributed by atoms with van der Waals surface area (Å²) in [4.78, 5) is 1.31. The van der Waals surface area contributed by atoms with E-state index in [4.69, 9.17) is 4.74 Å². The smallest absolute Gasteiger partial charge is 0.0587 e. The first-order chi connectivity index (χ1) is 9.17. The molecule has 1 rings (SSSR count). The minimum absolute atomic E-state index is 0.551. The van der Waals surface area contributed by atoms with Gasteiger partial charge in [-0.05, 0) is 29.9 Å². The van der Waals surface area contributed by atoms with Crippen LogP contribution in [0.15, 0.2) is 34.7 Å². The first-order valence-electron chi connectivity index (χ1n) is 6.71. The van der Waals surface area contributed by atoms with Gasteiger partial charge in [0.05, 0.1) is 6.61 Å². The van der Waals surface area contributed by atoms with Crippen LogP contribution in [0.25, 0.3) is 6.08 Å². The molecule has 0 heterocycles. The molecule has 0 saturated heterocycles. The number of rotatable bonds is 8. The highest BCUT2D eigenvalue weighted by Gasteiger charge is 2.03. The lowest BCUT2D eigenvalue weighted by molar-refractivity contribution is 0.200. The Morgan fingerprint density at radius 2 is 2.00 bits per heavy atom. The van der Waals surface area contributed by atoms with Gasteiger partial charge < -0.3 is 10.1 Å². The molecule has 0 aliphatic rings. The standard InChI is InChI=1S/C16H25NOS/c1-13(2)15(12-17-9-10-18-3)11-14-5-7-16(19-4)8-6-14/h5-8,11,13,17H,9-10,12H2,1-4H3. The van der Waals surface area contributed by atoms with E-state index in [0.717, 1.165) is 19.7 Å².